The van der Waals surface area contributed by atoms with Gasteiger partial charge in [-0.3, -0.25) is 19.3 Å². The van der Waals surface area contributed by atoms with Gasteiger partial charge in [0.05, 0.1) is 18.0 Å². The highest BCUT2D eigenvalue weighted by Crippen LogP contribution is 2.46. The van der Waals surface area contributed by atoms with Crippen molar-refractivity contribution in [1.29, 1.82) is 0 Å². The summed E-state index contributed by atoms with van der Waals surface area (Å²) in [5.74, 6) is -3.18. The van der Waals surface area contributed by atoms with Crippen molar-refractivity contribution >= 4 is 39.9 Å². The van der Waals surface area contributed by atoms with E-state index < -0.39 is 80.9 Å². The average Bonchev–Trinajstić information content (AvgIpc) is 3.43. The molecule has 3 aliphatic heterocycles. The van der Waals surface area contributed by atoms with E-state index in [1.807, 2.05) is 26.8 Å². The van der Waals surface area contributed by atoms with Crippen LogP contribution in [-0.2, 0) is 42.2 Å². The first-order valence-corrected chi connectivity index (χ1v) is 20.2. The number of allylic oxidation sites excluding steroid dienone is 1. The van der Waals surface area contributed by atoms with Crippen LogP contribution in [0.2, 0.25) is 0 Å². The van der Waals surface area contributed by atoms with E-state index in [1.54, 1.807) is 31.3 Å². The highest BCUT2D eigenvalue weighted by atomic mass is 32.2. The minimum Gasteiger partial charge on any atom is -0.444 e. The summed E-state index contributed by atoms with van der Waals surface area (Å²) in [6.45, 7) is 5.49. The number of amides is 6. The topological polar surface area (TPSA) is 175 Å². The molecule has 1 saturated carbocycles. The standard InChI is InChI=1S/C39H49FN6O8S/c1-38(2,3)44(4)36(50)41-31-19-12-7-5-6-9-15-26-21-39(26,35(49)43-55(52,53)28-16-10-8-11-17-28)42-33(47)32-20-27(23-46(32)34(31)48)54-37(51)45-22-25-14-13-18-30(40)29(25)24-45/h8-11,13-18,26-27,31-32H,5-7,12,19-24H2,1-4H3,(H,41,50)(H,42,47)(H,43,49)/t26-,27-,31+,32+,39-/m1/s1. The van der Waals surface area contributed by atoms with E-state index in [4.69, 9.17) is 4.74 Å². The maximum Gasteiger partial charge on any atom is 0.410 e. The summed E-state index contributed by atoms with van der Waals surface area (Å²) in [6.07, 6.45) is 4.98. The van der Waals surface area contributed by atoms with Gasteiger partial charge in [-0.25, -0.2) is 27.1 Å². The van der Waals surface area contributed by atoms with E-state index in [0.29, 0.717) is 24.0 Å². The first-order valence-electron chi connectivity index (χ1n) is 18.7. The minimum absolute atomic E-state index is 0.00601. The molecule has 1 saturated heterocycles. The number of nitrogens with zero attached hydrogens (tertiary/aromatic N) is 3. The molecule has 6 rings (SSSR count). The monoisotopic (exact) mass is 780 g/mol. The van der Waals surface area contributed by atoms with E-state index in [1.165, 1.54) is 45.0 Å². The van der Waals surface area contributed by atoms with Crippen LogP contribution < -0.4 is 15.4 Å². The fraction of sp³-hybridized carbons (Fsp3) is 0.513. The van der Waals surface area contributed by atoms with E-state index in [2.05, 4.69) is 15.4 Å². The zero-order chi connectivity index (χ0) is 39.7. The van der Waals surface area contributed by atoms with Crippen LogP contribution in [0, 0.1) is 11.7 Å². The number of hydrogen-bond acceptors (Lipinski definition) is 8. The van der Waals surface area contributed by atoms with Crippen LogP contribution in [0.15, 0.2) is 65.6 Å². The third kappa shape index (κ3) is 8.63. The Morgan fingerprint density at radius 3 is 2.47 bits per heavy atom. The number of fused-ring (bicyclic) bond motifs is 3. The minimum atomic E-state index is -4.29. The molecule has 2 aromatic rings. The quantitative estimate of drug-likeness (QED) is 0.383. The molecule has 296 valence electrons. The molecule has 1 aliphatic carbocycles. The molecule has 4 aliphatic rings. The van der Waals surface area contributed by atoms with Gasteiger partial charge in [0, 0.05) is 37.0 Å². The van der Waals surface area contributed by atoms with Crippen LogP contribution in [0.25, 0.3) is 0 Å². The Morgan fingerprint density at radius 1 is 1.02 bits per heavy atom. The van der Waals surface area contributed by atoms with Crippen molar-refractivity contribution in [2.75, 3.05) is 13.6 Å². The molecule has 14 nitrogen and oxygen atoms in total. The van der Waals surface area contributed by atoms with Crippen molar-refractivity contribution in [3.05, 3.63) is 77.6 Å². The summed E-state index contributed by atoms with van der Waals surface area (Å²) in [5.41, 5.74) is -1.16. The summed E-state index contributed by atoms with van der Waals surface area (Å²) < 4.78 is 48.9. The summed E-state index contributed by atoms with van der Waals surface area (Å²) >= 11 is 0. The van der Waals surface area contributed by atoms with Crippen LogP contribution in [0.5, 0.6) is 0 Å². The fourth-order valence-electron chi connectivity index (χ4n) is 7.31. The molecular formula is C39H49FN6O8S. The number of urea groups is 1. The van der Waals surface area contributed by atoms with Crippen molar-refractivity contribution in [2.24, 2.45) is 5.92 Å². The number of benzene rings is 2. The van der Waals surface area contributed by atoms with Crippen LogP contribution in [0.1, 0.15) is 76.8 Å². The third-order valence-corrected chi connectivity index (χ3v) is 12.3. The van der Waals surface area contributed by atoms with Gasteiger partial charge in [0.25, 0.3) is 15.9 Å². The SMILES string of the molecule is CN(C(=O)N[C@H]1CCCCCC=C[C@@H]2C[C@@]2(C(=O)NS(=O)(=O)c2ccccc2)NC(=O)[C@@H]2C[C@@H](OC(=O)N3Cc4cccc(F)c4C3)CN2C1=O)C(C)(C)C. The lowest BCUT2D eigenvalue weighted by Gasteiger charge is -2.35. The normalized spacial score (nSPS) is 25.7. The summed E-state index contributed by atoms with van der Waals surface area (Å²) in [4.78, 5) is 73.5. The van der Waals surface area contributed by atoms with Crippen LogP contribution >= 0.6 is 0 Å². The highest BCUT2D eigenvalue weighted by Gasteiger charge is 2.61. The molecule has 16 heteroatoms. The second-order valence-electron chi connectivity index (χ2n) is 15.8. The fourth-order valence-corrected chi connectivity index (χ4v) is 8.37. The molecule has 0 spiro atoms. The molecule has 0 unspecified atom stereocenters. The molecule has 6 amide bonds. The zero-order valence-electron chi connectivity index (χ0n) is 31.5. The summed E-state index contributed by atoms with van der Waals surface area (Å²) in [6, 6.07) is 9.25. The zero-order valence-corrected chi connectivity index (χ0v) is 32.4. The van der Waals surface area contributed by atoms with E-state index in [9.17, 15) is 36.8 Å². The van der Waals surface area contributed by atoms with E-state index in [0.717, 1.165) is 12.8 Å². The average molecular weight is 781 g/mol. The number of hydrogen-bond donors (Lipinski definition) is 3. The number of nitrogens with one attached hydrogen (secondary N) is 3. The number of ether oxygens (including phenoxy) is 1. The van der Waals surface area contributed by atoms with Gasteiger partial charge in [0.2, 0.25) is 11.8 Å². The van der Waals surface area contributed by atoms with Crippen LogP contribution in [-0.4, -0.2) is 95.8 Å². The first kappa shape index (κ1) is 39.7. The molecule has 55 heavy (non-hydrogen) atoms. The maximum atomic E-state index is 14.5. The van der Waals surface area contributed by atoms with E-state index in [-0.39, 0.29) is 43.8 Å². The van der Waals surface area contributed by atoms with Gasteiger partial charge in [0.1, 0.15) is 29.5 Å². The van der Waals surface area contributed by atoms with Crippen molar-refractivity contribution in [1.82, 2.24) is 30.1 Å². The van der Waals surface area contributed by atoms with Gasteiger partial charge >= 0.3 is 12.1 Å². The van der Waals surface area contributed by atoms with Gasteiger partial charge in [-0.15, -0.1) is 0 Å². The van der Waals surface area contributed by atoms with Crippen LogP contribution in [0.4, 0.5) is 14.0 Å². The van der Waals surface area contributed by atoms with Gasteiger partial charge in [-0.2, -0.15) is 0 Å². The molecule has 2 fully saturated rings. The Labute approximate surface area is 320 Å². The Bertz CT molecular complexity index is 1970. The molecule has 3 heterocycles. The van der Waals surface area contributed by atoms with Crippen LogP contribution in [0.3, 0.4) is 0 Å². The molecule has 0 radical (unpaired) electrons. The largest absolute Gasteiger partial charge is 0.444 e. The van der Waals surface area contributed by atoms with Gasteiger partial charge in [-0.05, 0) is 70.2 Å². The second kappa shape index (κ2) is 15.6. The predicted octanol–water partition coefficient (Wildman–Crippen LogP) is 3.96. The Hall–Kier alpha value is -4.99. The lowest BCUT2D eigenvalue weighted by Crippen LogP contribution is -2.59. The Morgan fingerprint density at radius 2 is 1.76 bits per heavy atom. The molecule has 3 N–H and O–H groups in total. The molecule has 0 bridgehead atoms. The molecule has 5 atom stereocenters. The summed E-state index contributed by atoms with van der Waals surface area (Å²) in [7, 11) is -2.67. The Balaban J connectivity index is 1.27. The van der Waals surface area contributed by atoms with Crippen molar-refractivity contribution in [2.45, 2.75) is 113 Å². The third-order valence-electron chi connectivity index (χ3n) is 11.0. The number of halogens is 1. The number of carbonyl (C=O) groups excluding carboxylic acids is 5. The van der Waals surface area contributed by atoms with Gasteiger partial charge < -0.3 is 25.2 Å². The molecule has 0 aromatic heterocycles. The first-order chi connectivity index (χ1) is 26.0. The van der Waals surface area contributed by atoms with Crippen molar-refractivity contribution in [3.8, 4) is 0 Å². The highest BCUT2D eigenvalue weighted by molar-refractivity contribution is 7.90. The van der Waals surface area contributed by atoms with Crippen molar-refractivity contribution in [3.63, 3.8) is 0 Å². The number of rotatable bonds is 5. The lowest BCUT2D eigenvalue weighted by molar-refractivity contribution is -0.141. The molecule has 2 aromatic carbocycles. The summed E-state index contributed by atoms with van der Waals surface area (Å²) in [5, 5.41) is 5.66. The van der Waals surface area contributed by atoms with Crippen molar-refractivity contribution < 1.29 is 41.5 Å². The lowest BCUT2D eigenvalue weighted by atomic mass is 10.0. The maximum absolute atomic E-state index is 14.5. The number of sulfonamides is 1. The van der Waals surface area contributed by atoms with Gasteiger partial charge in [0.15, 0.2) is 0 Å². The molecular weight excluding hydrogens is 732 g/mol. The number of carbonyl (C=O) groups is 5. The predicted molar refractivity (Wildman–Crippen MR) is 199 cm³/mol. The van der Waals surface area contributed by atoms with E-state index >= 15 is 0 Å². The smallest absolute Gasteiger partial charge is 0.410 e. The second-order valence-corrected chi connectivity index (χ2v) is 17.5. The Kier molecular flexibility index (Phi) is 11.3. The van der Waals surface area contributed by atoms with Gasteiger partial charge in [-0.1, -0.05) is 55.3 Å².